The average Bonchev–Trinajstić information content (AvgIpc) is 2.46. The Morgan fingerprint density at radius 2 is 1.36 bits per heavy atom. The zero-order chi connectivity index (χ0) is 16.2. The van der Waals surface area contributed by atoms with Gasteiger partial charge in [0.2, 0.25) is 0 Å². The maximum atomic E-state index is 12.8. The molecule has 4 heteroatoms. The van der Waals surface area contributed by atoms with E-state index in [-0.39, 0.29) is 28.2 Å². The van der Waals surface area contributed by atoms with Crippen molar-refractivity contribution in [2.75, 3.05) is 0 Å². The Morgan fingerprint density at radius 3 is 1.86 bits per heavy atom. The smallest absolute Gasteiger partial charge is 0.198 e. The molecule has 0 spiro atoms. The van der Waals surface area contributed by atoms with Crippen molar-refractivity contribution < 1.29 is 19.8 Å². The summed E-state index contributed by atoms with van der Waals surface area (Å²) in [6.07, 6.45) is 0. The van der Waals surface area contributed by atoms with Crippen molar-refractivity contribution in [3.63, 3.8) is 0 Å². The normalized spacial score (nSPS) is 13.8. The lowest BCUT2D eigenvalue weighted by atomic mass is 9.74. The van der Waals surface area contributed by atoms with Crippen LogP contribution in [0.2, 0.25) is 0 Å². The number of hydrogen-bond donors (Lipinski definition) is 2. The van der Waals surface area contributed by atoms with Crippen molar-refractivity contribution in [3.05, 3.63) is 58.1 Å². The van der Waals surface area contributed by atoms with Gasteiger partial charge in [-0.05, 0) is 17.0 Å². The van der Waals surface area contributed by atoms with Crippen molar-refractivity contribution in [1.29, 1.82) is 0 Å². The van der Waals surface area contributed by atoms with Gasteiger partial charge in [-0.3, -0.25) is 9.59 Å². The van der Waals surface area contributed by atoms with Crippen LogP contribution >= 0.6 is 0 Å². The molecule has 1 aliphatic carbocycles. The van der Waals surface area contributed by atoms with Gasteiger partial charge in [0.25, 0.3) is 0 Å². The molecule has 0 saturated carbocycles. The van der Waals surface area contributed by atoms with E-state index in [2.05, 4.69) is 0 Å². The molecule has 0 atom stereocenters. The van der Waals surface area contributed by atoms with Crippen LogP contribution in [0, 0.1) is 0 Å². The third-order valence-corrected chi connectivity index (χ3v) is 3.96. The fourth-order valence-electron chi connectivity index (χ4n) is 2.86. The van der Waals surface area contributed by atoms with E-state index < -0.39 is 16.9 Å². The van der Waals surface area contributed by atoms with Crippen LogP contribution in [-0.4, -0.2) is 21.8 Å². The van der Waals surface area contributed by atoms with Gasteiger partial charge in [0.05, 0.1) is 5.56 Å². The summed E-state index contributed by atoms with van der Waals surface area (Å²) in [4.78, 5) is 25.5. The molecular formula is C18H16O4. The number of benzene rings is 2. The second-order valence-corrected chi connectivity index (χ2v) is 6.50. The lowest BCUT2D eigenvalue weighted by molar-refractivity contribution is 0.0974. The Labute approximate surface area is 128 Å². The molecule has 0 unspecified atom stereocenters. The molecule has 0 saturated heterocycles. The van der Waals surface area contributed by atoms with E-state index >= 15 is 0 Å². The topological polar surface area (TPSA) is 74.6 Å². The standard InChI is InChI=1S/C18H16O4/c1-18(2,3)11-8-12(19)17(22)14-13(11)15(20)9-6-4-5-7-10(9)16(14)21/h4-8,19,22H,1-3H3. The first-order valence-corrected chi connectivity index (χ1v) is 7.01. The lowest BCUT2D eigenvalue weighted by Gasteiger charge is -2.28. The van der Waals surface area contributed by atoms with E-state index in [1.54, 1.807) is 24.3 Å². The second kappa shape index (κ2) is 4.44. The van der Waals surface area contributed by atoms with Gasteiger partial charge in [-0.1, -0.05) is 45.0 Å². The highest BCUT2D eigenvalue weighted by Gasteiger charge is 2.37. The highest BCUT2D eigenvalue weighted by molar-refractivity contribution is 6.30. The largest absolute Gasteiger partial charge is 0.504 e. The number of hydrogen-bond acceptors (Lipinski definition) is 4. The maximum Gasteiger partial charge on any atom is 0.198 e. The van der Waals surface area contributed by atoms with Gasteiger partial charge in [-0.25, -0.2) is 0 Å². The van der Waals surface area contributed by atoms with Gasteiger partial charge >= 0.3 is 0 Å². The monoisotopic (exact) mass is 296 g/mol. The van der Waals surface area contributed by atoms with E-state index in [9.17, 15) is 19.8 Å². The summed E-state index contributed by atoms with van der Waals surface area (Å²) in [6, 6.07) is 7.90. The third kappa shape index (κ3) is 1.84. The molecule has 112 valence electrons. The van der Waals surface area contributed by atoms with Crippen molar-refractivity contribution in [2.45, 2.75) is 26.2 Å². The van der Waals surface area contributed by atoms with Gasteiger partial charge < -0.3 is 10.2 Å². The molecule has 0 radical (unpaired) electrons. The van der Waals surface area contributed by atoms with Gasteiger partial charge in [0.1, 0.15) is 0 Å². The van der Waals surface area contributed by atoms with Crippen LogP contribution in [0.25, 0.3) is 0 Å². The number of ketones is 2. The van der Waals surface area contributed by atoms with Gasteiger partial charge in [-0.2, -0.15) is 0 Å². The van der Waals surface area contributed by atoms with Crippen LogP contribution in [0.3, 0.4) is 0 Å². The van der Waals surface area contributed by atoms with Crippen LogP contribution in [0.5, 0.6) is 11.5 Å². The van der Waals surface area contributed by atoms with Crippen molar-refractivity contribution in [2.24, 2.45) is 0 Å². The molecule has 0 amide bonds. The fourth-order valence-corrected chi connectivity index (χ4v) is 2.86. The molecular weight excluding hydrogens is 280 g/mol. The van der Waals surface area contributed by atoms with Crippen LogP contribution in [-0.2, 0) is 5.41 Å². The van der Waals surface area contributed by atoms with Crippen LogP contribution in [0.1, 0.15) is 58.2 Å². The molecule has 0 fully saturated rings. The minimum atomic E-state index is -0.532. The molecule has 0 aliphatic heterocycles. The summed E-state index contributed by atoms with van der Waals surface area (Å²) in [5.74, 6) is -1.66. The fraction of sp³-hybridized carbons (Fsp3) is 0.222. The Hall–Kier alpha value is -2.62. The molecule has 0 heterocycles. The van der Waals surface area contributed by atoms with E-state index in [1.807, 2.05) is 20.8 Å². The molecule has 0 bridgehead atoms. The molecule has 3 rings (SSSR count). The number of rotatable bonds is 0. The zero-order valence-electron chi connectivity index (χ0n) is 12.6. The third-order valence-electron chi connectivity index (χ3n) is 3.96. The van der Waals surface area contributed by atoms with Gasteiger partial charge in [-0.15, -0.1) is 0 Å². The Kier molecular flexibility index (Phi) is 2.89. The first kappa shape index (κ1) is 14.3. The van der Waals surface area contributed by atoms with Crippen molar-refractivity contribution in [1.82, 2.24) is 0 Å². The van der Waals surface area contributed by atoms with Crippen LogP contribution < -0.4 is 0 Å². The van der Waals surface area contributed by atoms with Crippen LogP contribution in [0.15, 0.2) is 30.3 Å². The zero-order valence-corrected chi connectivity index (χ0v) is 12.6. The first-order chi connectivity index (χ1) is 10.2. The molecule has 0 aromatic heterocycles. The molecule has 4 nitrogen and oxygen atoms in total. The number of fused-ring (bicyclic) bond motifs is 2. The maximum absolute atomic E-state index is 12.8. The Balaban J connectivity index is 2.44. The SMILES string of the molecule is CC(C)(C)c1cc(O)c(O)c2c1C(=O)c1ccccc1C2=O. The summed E-state index contributed by atoms with van der Waals surface area (Å²) in [6.45, 7) is 5.66. The lowest BCUT2D eigenvalue weighted by Crippen LogP contribution is -2.26. The minimum Gasteiger partial charge on any atom is -0.504 e. The molecule has 1 aliphatic rings. The van der Waals surface area contributed by atoms with Gasteiger partial charge in [0.15, 0.2) is 23.1 Å². The number of phenols is 2. The highest BCUT2D eigenvalue weighted by atomic mass is 16.3. The predicted octanol–water partition coefficient (Wildman–Crippen LogP) is 3.17. The highest BCUT2D eigenvalue weighted by Crippen LogP contribution is 2.43. The molecule has 22 heavy (non-hydrogen) atoms. The molecule has 2 N–H and O–H groups in total. The average molecular weight is 296 g/mol. The number of aromatic hydroxyl groups is 2. The number of carbonyl (C=O) groups is 2. The van der Waals surface area contributed by atoms with Crippen LogP contribution in [0.4, 0.5) is 0 Å². The summed E-state index contributed by atoms with van der Waals surface area (Å²) in [7, 11) is 0. The van der Waals surface area contributed by atoms with Crippen molar-refractivity contribution >= 4 is 11.6 Å². The van der Waals surface area contributed by atoms with Gasteiger partial charge in [0, 0.05) is 16.7 Å². The predicted molar refractivity (Wildman–Crippen MR) is 81.8 cm³/mol. The number of carbonyl (C=O) groups excluding carboxylic acids is 2. The summed E-state index contributed by atoms with van der Waals surface area (Å²) < 4.78 is 0. The van der Waals surface area contributed by atoms with E-state index in [0.717, 1.165) is 0 Å². The Bertz CT molecular complexity index is 826. The second-order valence-electron chi connectivity index (χ2n) is 6.50. The summed E-state index contributed by atoms with van der Waals surface area (Å²) in [5.41, 5.74) is 0.749. The quantitative estimate of drug-likeness (QED) is 0.625. The number of phenolic OH excluding ortho intramolecular Hbond substituents is 2. The molecule has 2 aromatic carbocycles. The van der Waals surface area contributed by atoms with E-state index in [1.165, 1.54) is 6.07 Å². The minimum absolute atomic E-state index is 0.103. The molecule has 2 aromatic rings. The van der Waals surface area contributed by atoms with E-state index in [0.29, 0.717) is 11.1 Å². The first-order valence-electron chi connectivity index (χ1n) is 7.01. The van der Waals surface area contributed by atoms with E-state index in [4.69, 9.17) is 0 Å². The summed E-state index contributed by atoms with van der Waals surface area (Å²) in [5, 5.41) is 20.1. The van der Waals surface area contributed by atoms with Crippen molar-refractivity contribution in [3.8, 4) is 11.5 Å². The summed E-state index contributed by atoms with van der Waals surface area (Å²) >= 11 is 0. The Morgan fingerprint density at radius 1 is 0.864 bits per heavy atom.